The number of carbonyl (C=O) groups is 1. The maximum absolute atomic E-state index is 13.1. The Morgan fingerprint density at radius 1 is 0.774 bits per heavy atom. The highest BCUT2D eigenvalue weighted by atomic mass is 32.2. The number of ether oxygens (including phenoxy) is 1. The number of nitrogens with one attached hydrogen (secondary N) is 2. The summed E-state index contributed by atoms with van der Waals surface area (Å²) in [5.41, 5.74) is -0.0492. The highest BCUT2D eigenvalue weighted by Crippen LogP contribution is 2.27. The summed E-state index contributed by atoms with van der Waals surface area (Å²) in [6, 6.07) is 15.1. The van der Waals surface area contributed by atoms with E-state index in [0.29, 0.717) is 0 Å². The second kappa shape index (κ2) is 8.74. The van der Waals surface area contributed by atoms with E-state index >= 15 is 0 Å². The van der Waals surface area contributed by atoms with Crippen LogP contribution in [0.25, 0.3) is 0 Å². The molecular formula is C20H17FN2O6S2. The molecule has 0 aliphatic carbocycles. The zero-order valence-corrected chi connectivity index (χ0v) is 17.7. The molecule has 0 atom stereocenters. The first kappa shape index (κ1) is 22.2. The van der Waals surface area contributed by atoms with E-state index < -0.39 is 31.8 Å². The lowest BCUT2D eigenvalue weighted by Crippen LogP contribution is -2.18. The van der Waals surface area contributed by atoms with Gasteiger partial charge in [0.25, 0.3) is 20.0 Å². The molecule has 0 amide bonds. The van der Waals surface area contributed by atoms with Gasteiger partial charge in [-0.1, -0.05) is 18.2 Å². The Labute approximate surface area is 178 Å². The van der Waals surface area contributed by atoms with E-state index in [1.807, 2.05) is 0 Å². The first-order valence-electron chi connectivity index (χ1n) is 8.71. The van der Waals surface area contributed by atoms with Gasteiger partial charge in [-0.25, -0.2) is 26.0 Å². The molecular weight excluding hydrogens is 447 g/mol. The number of halogens is 1. The highest BCUT2D eigenvalue weighted by molar-refractivity contribution is 7.93. The van der Waals surface area contributed by atoms with Gasteiger partial charge in [-0.05, 0) is 54.6 Å². The van der Waals surface area contributed by atoms with Gasteiger partial charge in [0.15, 0.2) is 0 Å². The van der Waals surface area contributed by atoms with Crippen LogP contribution < -0.4 is 9.44 Å². The fourth-order valence-corrected chi connectivity index (χ4v) is 4.80. The Morgan fingerprint density at radius 2 is 1.32 bits per heavy atom. The van der Waals surface area contributed by atoms with Gasteiger partial charge in [-0.3, -0.25) is 9.44 Å². The number of para-hydroxylation sites is 2. The van der Waals surface area contributed by atoms with E-state index in [-0.39, 0.29) is 26.7 Å². The Hall–Kier alpha value is -3.44. The van der Waals surface area contributed by atoms with Crippen LogP contribution in [0.3, 0.4) is 0 Å². The Bertz CT molecular complexity index is 1320. The van der Waals surface area contributed by atoms with Crippen LogP contribution in [0.2, 0.25) is 0 Å². The molecule has 11 heteroatoms. The van der Waals surface area contributed by atoms with Crippen molar-refractivity contribution >= 4 is 37.4 Å². The number of benzene rings is 3. The molecule has 0 saturated carbocycles. The molecule has 3 rings (SSSR count). The van der Waals surface area contributed by atoms with Crippen LogP contribution in [0.4, 0.5) is 15.8 Å². The molecule has 0 radical (unpaired) electrons. The highest BCUT2D eigenvalue weighted by Gasteiger charge is 2.21. The molecule has 0 saturated heterocycles. The van der Waals surface area contributed by atoms with Gasteiger partial charge in [0.2, 0.25) is 0 Å². The van der Waals surface area contributed by atoms with Crippen LogP contribution in [0.15, 0.2) is 82.6 Å². The van der Waals surface area contributed by atoms with Crippen molar-refractivity contribution in [2.75, 3.05) is 16.6 Å². The second-order valence-electron chi connectivity index (χ2n) is 6.23. The molecule has 0 unspecified atom stereocenters. The summed E-state index contributed by atoms with van der Waals surface area (Å²) in [5, 5.41) is 0. The summed E-state index contributed by atoms with van der Waals surface area (Å²) in [7, 11) is -7.10. The van der Waals surface area contributed by atoms with Gasteiger partial charge in [-0.15, -0.1) is 0 Å². The van der Waals surface area contributed by atoms with Gasteiger partial charge < -0.3 is 4.74 Å². The van der Waals surface area contributed by atoms with Crippen LogP contribution in [0.1, 0.15) is 10.4 Å². The van der Waals surface area contributed by atoms with Gasteiger partial charge in [-0.2, -0.15) is 0 Å². The van der Waals surface area contributed by atoms with Crippen molar-refractivity contribution < 1.29 is 30.8 Å². The number of sulfonamides is 2. The first-order valence-corrected chi connectivity index (χ1v) is 11.7. The summed E-state index contributed by atoms with van der Waals surface area (Å²) >= 11 is 0. The van der Waals surface area contributed by atoms with Crippen LogP contribution in [-0.2, 0) is 24.8 Å². The van der Waals surface area contributed by atoms with E-state index in [4.69, 9.17) is 0 Å². The van der Waals surface area contributed by atoms with Gasteiger partial charge in [0.1, 0.15) is 5.82 Å². The predicted molar refractivity (Wildman–Crippen MR) is 112 cm³/mol. The van der Waals surface area contributed by atoms with E-state index in [9.17, 15) is 26.0 Å². The lowest BCUT2D eigenvalue weighted by molar-refractivity contribution is 0.0600. The SMILES string of the molecule is COC(=O)c1cccc(S(=O)(=O)Nc2ccccc2NS(=O)(=O)c2ccc(F)cc2)c1. The molecule has 3 aromatic carbocycles. The van der Waals surface area contributed by atoms with Gasteiger partial charge in [0, 0.05) is 0 Å². The summed E-state index contributed by atoms with van der Waals surface area (Å²) in [6.45, 7) is 0. The van der Waals surface area contributed by atoms with Gasteiger partial charge in [0.05, 0.1) is 33.8 Å². The van der Waals surface area contributed by atoms with Crippen molar-refractivity contribution in [1.82, 2.24) is 0 Å². The molecule has 0 aliphatic rings. The zero-order valence-electron chi connectivity index (χ0n) is 16.1. The Balaban J connectivity index is 1.92. The number of hydrogen-bond donors (Lipinski definition) is 2. The van der Waals surface area contributed by atoms with Crippen molar-refractivity contribution in [3.63, 3.8) is 0 Å². The normalized spacial score (nSPS) is 11.5. The van der Waals surface area contributed by atoms with Crippen molar-refractivity contribution in [1.29, 1.82) is 0 Å². The third kappa shape index (κ3) is 5.19. The molecule has 8 nitrogen and oxygen atoms in total. The molecule has 0 heterocycles. The Kier molecular flexibility index (Phi) is 6.27. The molecule has 31 heavy (non-hydrogen) atoms. The average molecular weight is 464 g/mol. The van der Waals surface area contributed by atoms with Crippen LogP contribution in [-0.4, -0.2) is 29.9 Å². The number of carbonyl (C=O) groups excluding carboxylic acids is 1. The molecule has 0 fully saturated rings. The van der Waals surface area contributed by atoms with Crippen LogP contribution >= 0.6 is 0 Å². The maximum Gasteiger partial charge on any atom is 0.337 e. The number of esters is 1. The molecule has 2 N–H and O–H groups in total. The minimum absolute atomic E-state index is 0.0377. The second-order valence-corrected chi connectivity index (χ2v) is 9.59. The predicted octanol–water partition coefficient (Wildman–Crippen LogP) is 3.21. The monoisotopic (exact) mass is 464 g/mol. The third-order valence-electron chi connectivity index (χ3n) is 4.11. The molecule has 0 bridgehead atoms. The fraction of sp³-hybridized carbons (Fsp3) is 0.0500. The molecule has 0 aliphatic heterocycles. The van der Waals surface area contributed by atoms with Crippen molar-refractivity contribution in [3.8, 4) is 0 Å². The van der Waals surface area contributed by atoms with Crippen molar-refractivity contribution in [2.24, 2.45) is 0 Å². The summed E-state index contributed by atoms with van der Waals surface area (Å²) < 4.78 is 73.1. The summed E-state index contributed by atoms with van der Waals surface area (Å²) in [6.07, 6.45) is 0. The molecule has 162 valence electrons. The van der Waals surface area contributed by atoms with Crippen LogP contribution in [0.5, 0.6) is 0 Å². The third-order valence-corrected chi connectivity index (χ3v) is 6.85. The topological polar surface area (TPSA) is 119 Å². The summed E-state index contributed by atoms with van der Waals surface area (Å²) in [4.78, 5) is 11.3. The lowest BCUT2D eigenvalue weighted by atomic mass is 10.2. The smallest absolute Gasteiger partial charge is 0.337 e. The lowest BCUT2D eigenvalue weighted by Gasteiger charge is -2.15. The summed E-state index contributed by atoms with van der Waals surface area (Å²) in [5.74, 6) is -1.30. The first-order chi connectivity index (χ1) is 14.6. The Morgan fingerprint density at radius 3 is 1.87 bits per heavy atom. The van der Waals surface area contributed by atoms with E-state index in [1.54, 1.807) is 0 Å². The van der Waals surface area contributed by atoms with E-state index in [0.717, 1.165) is 30.3 Å². The quantitative estimate of drug-likeness (QED) is 0.519. The van der Waals surface area contributed by atoms with E-state index in [2.05, 4.69) is 14.2 Å². The van der Waals surface area contributed by atoms with Crippen molar-refractivity contribution in [2.45, 2.75) is 9.79 Å². The van der Waals surface area contributed by atoms with Crippen molar-refractivity contribution in [3.05, 3.63) is 84.2 Å². The largest absolute Gasteiger partial charge is 0.465 e. The number of hydrogen-bond acceptors (Lipinski definition) is 6. The molecule has 0 aromatic heterocycles. The number of rotatable bonds is 7. The maximum atomic E-state index is 13.1. The zero-order chi connectivity index (χ0) is 22.6. The van der Waals surface area contributed by atoms with Crippen LogP contribution in [0, 0.1) is 5.82 Å². The van der Waals surface area contributed by atoms with Gasteiger partial charge >= 0.3 is 5.97 Å². The molecule has 3 aromatic rings. The molecule has 0 spiro atoms. The fourth-order valence-electron chi connectivity index (χ4n) is 2.59. The average Bonchev–Trinajstić information content (AvgIpc) is 2.74. The van der Waals surface area contributed by atoms with E-state index in [1.165, 1.54) is 49.6 Å². The minimum Gasteiger partial charge on any atom is -0.465 e. The number of methoxy groups -OCH3 is 1. The number of anilines is 2. The minimum atomic E-state index is -4.17. The standard InChI is InChI=1S/C20H17FN2O6S2/c1-29-20(24)14-5-4-6-17(13-14)31(27,28)23-19-8-3-2-7-18(19)22-30(25,26)16-11-9-15(21)10-12-16/h2-13,22-23H,1H3.